The number of halogens is 1. The summed E-state index contributed by atoms with van der Waals surface area (Å²) in [6.45, 7) is 1.09. The van der Waals surface area contributed by atoms with Crippen LogP contribution < -0.4 is 10.6 Å². The lowest BCUT2D eigenvalue weighted by atomic mass is 9.91. The quantitative estimate of drug-likeness (QED) is 0.843. The van der Waals surface area contributed by atoms with E-state index in [-0.39, 0.29) is 0 Å². The average Bonchev–Trinajstić information content (AvgIpc) is 2.86. The van der Waals surface area contributed by atoms with Crippen LogP contribution in [0.2, 0.25) is 5.02 Å². The lowest BCUT2D eigenvalue weighted by Crippen LogP contribution is -2.43. The van der Waals surface area contributed by atoms with Gasteiger partial charge in [-0.25, -0.2) is 0 Å². The second-order valence-electron chi connectivity index (χ2n) is 5.62. The lowest BCUT2D eigenvalue weighted by molar-refractivity contribution is 0.362. The van der Waals surface area contributed by atoms with Crippen LogP contribution in [-0.2, 0) is 0 Å². The summed E-state index contributed by atoms with van der Waals surface area (Å²) >= 11 is 11.4. The van der Waals surface area contributed by atoms with E-state index in [1.807, 2.05) is 18.2 Å². The Kier molecular flexibility index (Phi) is 3.68. The number of fused-ring (bicyclic) bond motifs is 1. The molecule has 2 N–H and O–H groups in total. The molecule has 0 spiro atoms. The predicted octanol–water partition coefficient (Wildman–Crippen LogP) is 3.74. The molecular weight excluding hydrogens is 276 g/mol. The van der Waals surface area contributed by atoms with Crippen LogP contribution in [0.3, 0.4) is 0 Å². The molecule has 1 aromatic carbocycles. The zero-order valence-corrected chi connectivity index (χ0v) is 12.5. The van der Waals surface area contributed by atoms with Gasteiger partial charge < -0.3 is 10.6 Å². The van der Waals surface area contributed by atoms with Gasteiger partial charge in [-0.05, 0) is 49.8 Å². The maximum absolute atomic E-state index is 6.17. The van der Waals surface area contributed by atoms with Crippen LogP contribution in [0.5, 0.6) is 0 Å². The number of nitrogens with zero attached hydrogens (tertiary/aromatic N) is 1. The molecule has 1 aliphatic carbocycles. The fourth-order valence-electron chi connectivity index (χ4n) is 3.70. The lowest BCUT2D eigenvalue weighted by Gasteiger charge is -2.40. The number of thiocarbonyl (C=S) groups is 1. The van der Waals surface area contributed by atoms with E-state index in [0.717, 1.165) is 28.7 Å². The van der Waals surface area contributed by atoms with E-state index < -0.39 is 0 Å². The van der Waals surface area contributed by atoms with Gasteiger partial charge >= 0.3 is 0 Å². The van der Waals surface area contributed by atoms with Gasteiger partial charge in [0.05, 0.1) is 0 Å². The van der Waals surface area contributed by atoms with Crippen LogP contribution in [0.25, 0.3) is 0 Å². The number of hydrogen-bond acceptors (Lipinski definition) is 2. The second kappa shape index (κ2) is 5.29. The minimum absolute atomic E-state index is 0.465. The van der Waals surface area contributed by atoms with Crippen molar-refractivity contribution >= 4 is 34.5 Å². The van der Waals surface area contributed by atoms with Gasteiger partial charge in [0.25, 0.3) is 0 Å². The Morgan fingerprint density at radius 1 is 1.26 bits per heavy atom. The first-order chi connectivity index (χ1) is 9.16. The van der Waals surface area contributed by atoms with Crippen molar-refractivity contribution in [1.29, 1.82) is 0 Å². The fraction of sp³-hybridized carbons (Fsp3) is 0.533. The number of nitrogens with two attached hydrogens (primary N) is 1. The monoisotopic (exact) mass is 294 g/mol. The molecule has 3 rings (SSSR count). The van der Waals surface area contributed by atoms with E-state index >= 15 is 0 Å². The van der Waals surface area contributed by atoms with Crippen molar-refractivity contribution in [3.8, 4) is 0 Å². The molecule has 2 nitrogen and oxygen atoms in total. The summed E-state index contributed by atoms with van der Waals surface area (Å²) in [5.41, 5.74) is 7.97. The van der Waals surface area contributed by atoms with Gasteiger partial charge in [0, 0.05) is 28.9 Å². The number of piperidine rings is 1. The van der Waals surface area contributed by atoms with Crippen LogP contribution in [0.1, 0.15) is 37.7 Å². The molecule has 1 saturated carbocycles. The van der Waals surface area contributed by atoms with E-state index in [2.05, 4.69) is 4.90 Å². The molecule has 1 aromatic rings. The maximum atomic E-state index is 6.17. The third-order valence-corrected chi connectivity index (χ3v) is 4.98. The maximum Gasteiger partial charge on any atom is 0.106 e. The number of hydrogen-bond donors (Lipinski definition) is 1. The molecule has 1 heterocycles. The molecule has 2 atom stereocenters. The predicted molar refractivity (Wildman–Crippen MR) is 85.0 cm³/mol. The highest BCUT2D eigenvalue weighted by Gasteiger charge is 2.35. The van der Waals surface area contributed by atoms with Gasteiger partial charge in [-0.3, -0.25) is 0 Å². The summed E-state index contributed by atoms with van der Waals surface area (Å²) in [5.74, 6) is 0.840. The van der Waals surface area contributed by atoms with E-state index in [4.69, 9.17) is 29.6 Å². The van der Waals surface area contributed by atoms with Gasteiger partial charge in [0.2, 0.25) is 0 Å². The van der Waals surface area contributed by atoms with Gasteiger partial charge in [0.15, 0.2) is 0 Å². The van der Waals surface area contributed by atoms with Crippen LogP contribution in [-0.4, -0.2) is 17.6 Å². The van der Waals surface area contributed by atoms with E-state index in [1.54, 1.807) is 0 Å². The van der Waals surface area contributed by atoms with Crippen molar-refractivity contribution in [3.63, 3.8) is 0 Å². The van der Waals surface area contributed by atoms with Gasteiger partial charge in [-0.15, -0.1) is 0 Å². The molecule has 19 heavy (non-hydrogen) atoms. The van der Waals surface area contributed by atoms with Crippen molar-refractivity contribution < 1.29 is 0 Å². The molecule has 0 radical (unpaired) electrons. The second-order valence-corrected chi connectivity index (χ2v) is 6.50. The molecule has 1 aliphatic heterocycles. The summed E-state index contributed by atoms with van der Waals surface area (Å²) in [6.07, 6.45) is 6.61. The van der Waals surface area contributed by atoms with Crippen LogP contribution >= 0.6 is 23.8 Å². The average molecular weight is 295 g/mol. The Balaban J connectivity index is 2.00. The zero-order valence-electron chi connectivity index (χ0n) is 10.9. The summed E-state index contributed by atoms with van der Waals surface area (Å²) in [6, 6.07) is 6.51. The molecule has 0 aromatic heterocycles. The van der Waals surface area contributed by atoms with Crippen molar-refractivity contribution in [3.05, 3.63) is 28.8 Å². The molecule has 2 unspecified atom stereocenters. The largest absolute Gasteiger partial charge is 0.389 e. The minimum atomic E-state index is 0.465. The number of rotatable bonds is 2. The Morgan fingerprint density at radius 2 is 2.05 bits per heavy atom. The minimum Gasteiger partial charge on any atom is -0.389 e. The highest BCUT2D eigenvalue weighted by atomic mass is 35.5. The normalized spacial score (nSPS) is 26.3. The fourth-order valence-corrected chi connectivity index (χ4v) is 4.04. The topological polar surface area (TPSA) is 29.3 Å². The van der Waals surface area contributed by atoms with Gasteiger partial charge in [0.1, 0.15) is 4.99 Å². The molecular formula is C15H19ClN2S. The van der Waals surface area contributed by atoms with Crippen LogP contribution in [0, 0.1) is 5.92 Å². The Bertz CT molecular complexity index is 503. The molecule has 2 aliphatic rings. The third kappa shape index (κ3) is 2.46. The molecule has 1 saturated heterocycles. The number of anilines is 1. The van der Waals surface area contributed by atoms with Crippen LogP contribution in [0.15, 0.2) is 18.2 Å². The Morgan fingerprint density at radius 3 is 2.84 bits per heavy atom. The summed E-state index contributed by atoms with van der Waals surface area (Å²) < 4.78 is 0. The zero-order chi connectivity index (χ0) is 13.4. The SMILES string of the molecule is NC(=S)c1ccc(Cl)cc1N1CCCC2CCCC21. The smallest absolute Gasteiger partial charge is 0.106 e. The molecule has 2 fully saturated rings. The molecule has 4 heteroatoms. The molecule has 0 amide bonds. The van der Waals surface area contributed by atoms with Crippen molar-refractivity contribution in [2.45, 2.75) is 38.1 Å². The van der Waals surface area contributed by atoms with Crippen molar-refractivity contribution in [1.82, 2.24) is 0 Å². The summed E-state index contributed by atoms with van der Waals surface area (Å²) in [4.78, 5) is 2.97. The first-order valence-corrected chi connectivity index (χ1v) is 7.81. The summed E-state index contributed by atoms with van der Waals surface area (Å²) in [7, 11) is 0. The van der Waals surface area contributed by atoms with Crippen molar-refractivity contribution in [2.75, 3.05) is 11.4 Å². The molecule has 102 valence electrons. The third-order valence-electron chi connectivity index (χ3n) is 4.53. The van der Waals surface area contributed by atoms with Crippen LogP contribution in [0.4, 0.5) is 5.69 Å². The number of benzene rings is 1. The first kappa shape index (κ1) is 13.2. The Labute approximate surface area is 124 Å². The highest BCUT2D eigenvalue weighted by Crippen LogP contribution is 2.40. The van der Waals surface area contributed by atoms with Gasteiger partial charge in [-0.2, -0.15) is 0 Å². The van der Waals surface area contributed by atoms with E-state index in [0.29, 0.717) is 11.0 Å². The highest BCUT2D eigenvalue weighted by molar-refractivity contribution is 7.80. The first-order valence-electron chi connectivity index (χ1n) is 7.03. The van der Waals surface area contributed by atoms with E-state index in [1.165, 1.54) is 32.1 Å². The Hall–Kier alpha value is -0.800. The summed E-state index contributed by atoms with van der Waals surface area (Å²) in [5, 5.41) is 0.759. The van der Waals surface area contributed by atoms with Crippen molar-refractivity contribution in [2.24, 2.45) is 11.7 Å². The molecule has 0 bridgehead atoms. The standard InChI is InChI=1S/C15H19ClN2S/c16-11-6-7-12(15(17)19)14(9-11)18-8-2-4-10-3-1-5-13(10)18/h6-7,9-10,13H,1-5,8H2,(H2,17,19). The van der Waals surface area contributed by atoms with Gasteiger partial charge in [-0.1, -0.05) is 30.2 Å². The van der Waals surface area contributed by atoms with E-state index in [9.17, 15) is 0 Å².